The number of carbonyl (C=O) groups excluding carboxylic acids is 1. The first kappa shape index (κ1) is 15.5. The maximum Gasteiger partial charge on any atom is 0.308 e. The Hall–Kier alpha value is -1.87. The highest BCUT2D eigenvalue weighted by Crippen LogP contribution is 2.19. The van der Waals surface area contributed by atoms with Crippen molar-refractivity contribution < 1.29 is 9.53 Å². The molecule has 0 N–H and O–H groups in total. The van der Waals surface area contributed by atoms with Crippen LogP contribution in [0.5, 0.6) is 0 Å². The van der Waals surface area contributed by atoms with Crippen LogP contribution in [0, 0.1) is 5.92 Å². The van der Waals surface area contributed by atoms with E-state index in [-0.39, 0.29) is 11.9 Å². The summed E-state index contributed by atoms with van der Waals surface area (Å²) >= 11 is 0. The molecular formula is C18H22O2Si. The van der Waals surface area contributed by atoms with E-state index in [1.807, 2.05) is 19.1 Å². The summed E-state index contributed by atoms with van der Waals surface area (Å²) in [6, 6.07) is 22.0. The van der Waals surface area contributed by atoms with Crippen LogP contribution in [0.2, 0.25) is 12.6 Å². The third kappa shape index (κ3) is 3.42. The molecule has 2 aromatic rings. The standard InChI is InChI=1S/C18H22O2Si/c1-15(18(19)20-2)14-21(3,16-10-6-4-7-11-16)17-12-8-5-9-13-17/h4-13,15H,14H2,1-3H3. The minimum atomic E-state index is -1.94. The van der Waals surface area contributed by atoms with Gasteiger partial charge in [-0.3, -0.25) is 4.79 Å². The normalized spacial score (nSPS) is 12.7. The molecule has 0 amide bonds. The molecule has 0 radical (unpaired) electrons. The van der Waals surface area contributed by atoms with E-state index in [9.17, 15) is 4.79 Å². The lowest BCUT2D eigenvalue weighted by molar-refractivity contribution is -0.144. The third-order valence-electron chi connectivity index (χ3n) is 4.14. The number of ether oxygens (including phenoxy) is 1. The smallest absolute Gasteiger partial charge is 0.308 e. The predicted molar refractivity (Wildman–Crippen MR) is 89.8 cm³/mol. The molecule has 3 heteroatoms. The molecule has 0 aliphatic rings. The van der Waals surface area contributed by atoms with Gasteiger partial charge in [-0.05, 0) is 6.04 Å². The fourth-order valence-electron chi connectivity index (χ4n) is 2.91. The second-order valence-corrected chi connectivity index (χ2v) is 9.92. The van der Waals surface area contributed by atoms with Crippen LogP contribution in [0.1, 0.15) is 6.92 Å². The first-order valence-corrected chi connectivity index (χ1v) is 9.97. The van der Waals surface area contributed by atoms with Crippen molar-refractivity contribution in [1.82, 2.24) is 0 Å². The summed E-state index contributed by atoms with van der Waals surface area (Å²) in [6.07, 6.45) is 0. The Morgan fingerprint density at radius 3 is 1.81 bits per heavy atom. The molecule has 0 aliphatic carbocycles. The van der Waals surface area contributed by atoms with Crippen LogP contribution in [0.15, 0.2) is 60.7 Å². The van der Waals surface area contributed by atoms with Crippen LogP contribution in [0.25, 0.3) is 0 Å². The van der Waals surface area contributed by atoms with Crippen molar-refractivity contribution in [3.05, 3.63) is 60.7 Å². The minimum Gasteiger partial charge on any atom is -0.469 e. The van der Waals surface area contributed by atoms with Gasteiger partial charge in [0.05, 0.1) is 13.0 Å². The summed E-state index contributed by atoms with van der Waals surface area (Å²) in [7, 11) is -0.484. The molecule has 0 saturated heterocycles. The Labute approximate surface area is 127 Å². The van der Waals surface area contributed by atoms with Crippen LogP contribution in [-0.2, 0) is 9.53 Å². The number of esters is 1. The van der Waals surface area contributed by atoms with Crippen molar-refractivity contribution >= 4 is 24.4 Å². The molecule has 21 heavy (non-hydrogen) atoms. The summed E-state index contributed by atoms with van der Waals surface area (Å²) in [6.45, 7) is 4.29. The van der Waals surface area contributed by atoms with Crippen LogP contribution < -0.4 is 10.4 Å². The fourth-order valence-corrected chi connectivity index (χ4v) is 6.96. The Morgan fingerprint density at radius 2 is 1.43 bits per heavy atom. The number of carbonyl (C=O) groups is 1. The zero-order valence-corrected chi connectivity index (χ0v) is 13.9. The van der Waals surface area contributed by atoms with Crippen molar-refractivity contribution in [2.75, 3.05) is 7.11 Å². The van der Waals surface area contributed by atoms with Crippen molar-refractivity contribution in [1.29, 1.82) is 0 Å². The molecular weight excluding hydrogens is 276 g/mol. The first-order chi connectivity index (χ1) is 10.1. The first-order valence-electron chi connectivity index (χ1n) is 7.27. The van der Waals surface area contributed by atoms with Crippen LogP contribution in [-0.4, -0.2) is 21.2 Å². The lowest BCUT2D eigenvalue weighted by Gasteiger charge is -2.30. The van der Waals surface area contributed by atoms with Gasteiger partial charge >= 0.3 is 5.97 Å². The number of methoxy groups -OCH3 is 1. The molecule has 2 rings (SSSR count). The van der Waals surface area contributed by atoms with Crippen molar-refractivity contribution in [3.63, 3.8) is 0 Å². The average molecular weight is 298 g/mol. The van der Waals surface area contributed by atoms with Gasteiger partial charge in [-0.15, -0.1) is 0 Å². The molecule has 0 heterocycles. The van der Waals surface area contributed by atoms with Gasteiger partial charge in [-0.2, -0.15) is 0 Å². The van der Waals surface area contributed by atoms with Gasteiger partial charge in [0.2, 0.25) is 0 Å². The van der Waals surface area contributed by atoms with Crippen molar-refractivity contribution in [2.45, 2.75) is 19.5 Å². The van der Waals surface area contributed by atoms with E-state index in [2.05, 4.69) is 55.1 Å². The van der Waals surface area contributed by atoms with Crippen LogP contribution in [0.3, 0.4) is 0 Å². The SMILES string of the molecule is COC(=O)C(C)C[Si](C)(c1ccccc1)c1ccccc1. The van der Waals surface area contributed by atoms with Gasteiger partial charge in [0.1, 0.15) is 8.07 Å². The van der Waals surface area contributed by atoms with E-state index < -0.39 is 8.07 Å². The van der Waals surface area contributed by atoms with E-state index in [1.54, 1.807) is 0 Å². The number of hydrogen-bond donors (Lipinski definition) is 0. The minimum absolute atomic E-state index is 0.0907. The highest BCUT2D eigenvalue weighted by Gasteiger charge is 2.35. The van der Waals surface area contributed by atoms with Crippen LogP contribution in [0.4, 0.5) is 0 Å². The summed E-state index contributed by atoms with van der Waals surface area (Å²) in [5.74, 6) is -0.215. The van der Waals surface area contributed by atoms with Gasteiger partial charge in [0, 0.05) is 0 Å². The molecule has 0 spiro atoms. The lowest BCUT2D eigenvalue weighted by Crippen LogP contribution is -2.56. The van der Waals surface area contributed by atoms with E-state index >= 15 is 0 Å². The Balaban J connectivity index is 2.43. The highest BCUT2D eigenvalue weighted by atomic mass is 28.3. The summed E-state index contributed by atoms with van der Waals surface area (Å²) in [4.78, 5) is 11.9. The molecule has 0 bridgehead atoms. The van der Waals surface area contributed by atoms with Crippen molar-refractivity contribution in [3.8, 4) is 0 Å². The highest BCUT2D eigenvalue weighted by molar-refractivity contribution is 7.01. The Bertz CT molecular complexity index is 541. The third-order valence-corrected chi connectivity index (χ3v) is 8.78. The molecule has 0 saturated carbocycles. The van der Waals surface area contributed by atoms with E-state index in [0.29, 0.717) is 0 Å². The second-order valence-electron chi connectivity index (χ2n) is 5.69. The van der Waals surface area contributed by atoms with E-state index in [1.165, 1.54) is 17.5 Å². The lowest BCUT2D eigenvalue weighted by atomic mass is 10.2. The Morgan fingerprint density at radius 1 is 1.00 bits per heavy atom. The number of rotatable bonds is 5. The average Bonchev–Trinajstić information content (AvgIpc) is 2.55. The molecule has 1 atom stereocenters. The zero-order valence-electron chi connectivity index (χ0n) is 12.9. The molecule has 0 aromatic heterocycles. The molecule has 2 aromatic carbocycles. The maximum atomic E-state index is 11.9. The van der Waals surface area contributed by atoms with Crippen LogP contribution >= 0.6 is 0 Å². The predicted octanol–water partition coefficient (Wildman–Crippen LogP) is 2.69. The number of hydrogen-bond acceptors (Lipinski definition) is 2. The molecule has 110 valence electrons. The summed E-state index contributed by atoms with van der Waals surface area (Å²) < 4.78 is 4.91. The van der Waals surface area contributed by atoms with E-state index in [4.69, 9.17) is 4.74 Å². The van der Waals surface area contributed by atoms with Gasteiger partial charge < -0.3 is 4.74 Å². The summed E-state index contributed by atoms with van der Waals surface area (Å²) in [5, 5.41) is 2.71. The summed E-state index contributed by atoms with van der Waals surface area (Å²) in [5.41, 5.74) is 0. The van der Waals surface area contributed by atoms with Gasteiger partial charge in [0.25, 0.3) is 0 Å². The fraction of sp³-hybridized carbons (Fsp3) is 0.278. The largest absolute Gasteiger partial charge is 0.469 e. The van der Waals surface area contributed by atoms with E-state index in [0.717, 1.165) is 6.04 Å². The second kappa shape index (κ2) is 6.72. The zero-order chi connectivity index (χ0) is 15.3. The maximum absolute atomic E-state index is 11.9. The van der Waals surface area contributed by atoms with Gasteiger partial charge in [-0.25, -0.2) is 0 Å². The van der Waals surface area contributed by atoms with Gasteiger partial charge in [-0.1, -0.05) is 84.5 Å². The quantitative estimate of drug-likeness (QED) is 0.627. The topological polar surface area (TPSA) is 26.3 Å². The molecule has 1 unspecified atom stereocenters. The monoisotopic (exact) mass is 298 g/mol. The molecule has 0 fully saturated rings. The Kier molecular flexibility index (Phi) is 4.97. The van der Waals surface area contributed by atoms with Crippen molar-refractivity contribution in [2.24, 2.45) is 5.92 Å². The molecule has 2 nitrogen and oxygen atoms in total. The number of benzene rings is 2. The molecule has 0 aliphatic heterocycles. The van der Waals surface area contributed by atoms with Gasteiger partial charge in [0.15, 0.2) is 0 Å².